The first-order chi connectivity index (χ1) is 6.61. The molecule has 0 aliphatic heterocycles. The van der Waals surface area contributed by atoms with E-state index in [1.54, 1.807) is 11.4 Å². The molecule has 0 aromatic carbocycles. The number of nitrogens with one attached hydrogen (secondary N) is 1. The van der Waals surface area contributed by atoms with Crippen molar-refractivity contribution in [3.63, 3.8) is 0 Å². The molecule has 0 radical (unpaired) electrons. The molecule has 0 saturated heterocycles. The van der Waals surface area contributed by atoms with Crippen LogP contribution in [0.3, 0.4) is 0 Å². The molecule has 1 fully saturated rings. The molecule has 4 nitrogen and oxygen atoms in total. The Labute approximate surface area is 86.1 Å². The summed E-state index contributed by atoms with van der Waals surface area (Å²) in [7, 11) is 0. The normalized spacial score (nSPS) is 17.8. The molecule has 1 heterocycles. The van der Waals surface area contributed by atoms with E-state index in [9.17, 15) is 10.1 Å². The minimum Gasteiger partial charge on any atom is -0.371 e. The summed E-state index contributed by atoms with van der Waals surface area (Å²) in [6, 6.07) is 1.54. The van der Waals surface area contributed by atoms with Gasteiger partial charge >= 0.3 is 5.69 Å². The van der Waals surface area contributed by atoms with Gasteiger partial charge in [-0.1, -0.05) is 6.92 Å². The van der Waals surface area contributed by atoms with Crippen molar-refractivity contribution >= 4 is 22.0 Å². The second-order valence-electron chi connectivity index (χ2n) is 4.06. The molecule has 0 amide bonds. The monoisotopic (exact) mass is 212 g/mol. The van der Waals surface area contributed by atoms with Gasteiger partial charge in [-0.05, 0) is 23.6 Å². The molecule has 1 saturated carbocycles. The van der Waals surface area contributed by atoms with Crippen LogP contribution in [0.25, 0.3) is 0 Å². The molecular formula is C9H12N2O2S. The Morgan fingerprint density at radius 3 is 3.00 bits per heavy atom. The van der Waals surface area contributed by atoms with Gasteiger partial charge in [0.2, 0.25) is 0 Å². The molecule has 0 bridgehead atoms. The maximum absolute atomic E-state index is 10.6. The molecule has 0 atom stereocenters. The Morgan fingerprint density at radius 2 is 2.43 bits per heavy atom. The lowest BCUT2D eigenvalue weighted by Crippen LogP contribution is -2.11. The van der Waals surface area contributed by atoms with Crippen LogP contribution < -0.4 is 5.32 Å². The Morgan fingerprint density at radius 1 is 1.71 bits per heavy atom. The highest BCUT2D eigenvalue weighted by atomic mass is 32.1. The minimum absolute atomic E-state index is 0.194. The van der Waals surface area contributed by atoms with Crippen molar-refractivity contribution in [2.45, 2.75) is 19.8 Å². The lowest BCUT2D eigenvalue weighted by Gasteiger charge is -2.08. The molecule has 0 unspecified atom stereocenters. The van der Waals surface area contributed by atoms with E-state index in [1.807, 2.05) is 0 Å². The molecule has 76 valence electrons. The molecule has 2 rings (SSSR count). The Hall–Kier alpha value is -1.10. The molecule has 1 aliphatic rings. The van der Waals surface area contributed by atoms with Gasteiger partial charge < -0.3 is 5.32 Å². The van der Waals surface area contributed by atoms with Crippen LogP contribution in [0.4, 0.5) is 10.7 Å². The molecule has 5 heteroatoms. The van der Waals surface area contributed by atoms with Gasteiger partial charge in [-0.2, -0.15) is 0 Å². The summed E-state index contributed by atoms with van der Waals surface area (Å²) >= 11 is 1.39. The maximum Gasteiger partial charge on any atom is 0.303 e. The second-order valence-corrected chi connectivity index (χ2v) is 4.97. The van der Waals surface area contributed by atoms with Gasteiger partial charge in [0, 0.05) is 12.6 Å². The fourth-order valence-corrected chi connectivity index (χ4v) is 2.01. The quantitative estimate of drug-likeness (QED) is 0.616. The largest absolute Gasteiger partial charge is 0.371 e. The van der Waals surface area contributed by atoms with Crippen LogP contribution in [0.2, 0.25) is 0 Å². The third-order valence-electron chi connectivity index (χ3n) is 2.62. The number of hydrogen-bond donors (Lipinski definition) is 1. The van der Waals surface area contributed by atoms with E-state index in [4.69, 9.17) is 0 Å². The summed E-state index contributed by atoms with van der Waals surface area (Å²) in [5, 5.41) is 16.2. The smallest absolute Gasteiger partial charge is 0.303 e. The third kappa shape index (κ3) is 1.87. The molecule has 1 aromatic rings. The Balaban J connectivity index is 2.01. The van der Waals surface area contributed by atoms with Gasteiger partial charge in [0.05, 0.1) is 4.92 Å². The van der Waals surface area contributed by atoms with Crippen molar-refractivity contribution in [1.82, 2.24) is 0 Å². The van der Waals surface area contributed by atoms with Crippen LogP contribution in [0.15, 0.2) is 11.4 Å². The first kappa shape index (κ1) is 9.45. The molecular weight excluding hydrogens is 200 g/mol. The van der Waals surface area contributed by atoms with E-state index >= 15 is 0 Å². The van der Waals surface area contributed by atoms with Gasteiger partial charge in [-0.25, -0.2) is 0 Å². The van der Waals surface area contributed by atoms with Gasteiger partial charge in [0.15, 0.2) is 5.00 Å². The first-order valence-corrected chi connectivity index (χ1v) is 5.44. The predicted octanol–water partition coefficient (Wildman–Crippen LogP) is 2.87. The van der Waals surface area contributed by atoms with Crippen molar-refractivity contribution in [2.24, 2.45) is 5.41 Å². The summed E-state index contributed by atoms with van der Waals surface area (Å²) in [4.78, 5) is 10.3. The van der Waals surface area contributed by atoms with Crippen LogP contribution in [0.1, 0.15) is 19.8 Å². The van der Waals surface area contributed by atoms with Crippen LogP contribution in [0.5, 0.6) is 0 Å². The number of thiophene rings is 1. The van der Waals surface area contributed by atoms with E-state index in [2.05, 4.69) is 12.2 Å². The summed E-state index contributed by atoms with van der Waals surface area (Å²) in [5.74, 6) is 0. The van der Waals surface area contributed by atoms with Crippen LogP contribution in [0, 0.1) is 15.5 Å². The van der Waals surface area contributed by atoms with Crippen molar-refractivity contribution in [3.05, 3.63) is 21.6 Å². The SMILES string of the molecule is CC1(CNc2sccc2[N+](=O)[O-])CC1. The van der Waals surface area contributed by atoms with Gasteiger partial charge in [-0.15, -0.1) is 11.3 Å². The predicted molar refractivity (Wildman–Crippen MR) is 56.8 cm³/mol. The highest BCUT2D eigenvalue weighted by Crippen LogP contribution is 2.45. The van der Waals surface area contributed by atoms with E-state index in [-0.39, 0.29) is 10.6 Å². The first-order valence-electron chi connectivity index (χ1n) is 4.56. The van der Waals surface area contributed by atoms with Crippen LogP contribution in [-0.4, -0.2) is 11.5 Å². The zero-order valence-electron chi connectivity index (χ0n) is 7.95. The fraction of sp³-hybridized carbons (Fsp3) is 0.556. The van der Waals surface area contributed by atoms with Crippen molar-refractivity contribution < 1.29 is 4.92 Å². The summed E-state index contributed by atoms with van der Waals surface area (Å²) < 4.78 is 0. The lowest BCUT2D eigenvalue weighted by molar-refractivity contribution is -0.383. The van der Waals surface area contributed by atoms with Crippen LogP contribution >= 0.6 is 11.3 Å². The van der Waals surface area contributed by atoms with Crippen molar-refractivity contribution in [1.29, 1.82) is 0 Å². The highest BCUT2D eigenvalue weighted by Gasteiger charge is 2.37. The molecule has 1 N–H and O–H groups in total. The van der Waals surface area contributed by atoms with Gasteiger partial charge in [-0.3, -0.25) is 10.1 Å². The minimum atomic E-state index is -0.339. The fourth-order valence-electron chi connectivity index (χ4n) is 1.26. The Kier molecular flexibility index (Phi) is 2.19. The van der Waals surface area contributed by atoms with Gasteiger partial charge in [0.25, 0.3) is 0 Å². The number of nitro groups is 1. The zero-order chi connectivity index (χ0) is 10.2. The Bertz CT molecular complexity index is 357. The van der Waals surface area contributed by atoms with Crippen molar-refractivity contribution in [3.8, 4) is 0 Å². The molecule has 1 aromatic heterocycles. The topological polar surface area (TPSA) is 55.2 Å². The van der Waals surface area contributed by atoms with E-state index in [0.717, 1.165) is 6.54 Å². The van der Waals surface area contributed by atoms with Gasteiger partial charge in [0.1, 0.15) is 0 Å². The van der Waals surface area contributed by atoms with Crippen LogP contribution in [-0.2, 0) is 0 Å². The number of rotatable bonds is 4. The second kappa shape index (κ2) is 3.24. The molecule has 0 spiro atoms. The number of anilines is 1. The highest BCUT2D eigenvalue weighted by molar-refractivity contribution is 7.14. The van der Waals surface area contributed by atoms with E-state index < -0.39 is 0 Å². The zero-order valence-corrected chi connectivity index (χ0v) is 8.76. The molecule has 14 heavy (non-hydrogen) atoms. The average molecular weight is 212 g/mol. The van der Waals surface area contributed by atoms with E-state index in [0.29, 0.717) is 10.4 Å². The summed E-state index contributed by atoms with van der Waals surface area (Å²) in [6.45, 7) is 3.04. The number of hydrogen-bond acceptors (Lipinski definition) is 4. The molecule has 1 aliphatic carbocycles. The average Bonchev–Trinajstić information content (AvgIpc) is 2.68. The summed E-state index contributed by atoms with van der Waals surface area (Å²) in [5.41, 5.74) is 0.567. The summed E-state index contributed by atoms with van der Waals surface area (Å²) in [6.07, 6.45) is 2.44. The maximum atomic E-state index is 10.6. The third-order valence-corrected chi connectivity index (χ3v) is 3.48. The van der Waals surface area contributed by atoms with Crippen molar-refractivity contribution in [2.75, 3.05) is 11.9 Å². The number of nitrogens with zero attached hydrogens (tertiary/aromatic N) is 1. The standard InChI is InChI=1S/C9H12N2O2S/c1-9(3-4-9)6-10-8-7(11(12)13)2-5-14-8/h2,5,10H,3-4,6H2,1H3. The van der Waals surface area contributed by atoms with E-state index in [1.165, 1.54) is 24.2 Å². The lowest BCUT2D eigenvalue weighted by atomic mass is 10.1.